The van der Waals surface area contributed by atoms with E-state index in [0.29, 0.717) is 11.5 Å². The van der Waals surface area contributed by atoms with Gasteiger partial charge in [-0.2, -0.15) is 0 Å². The van der Waals surface area contributed by atoms with Crippen LogP contribution in [-0.2, 0) is 19.2 Å². The standard InChI is InChI=1S/C18H20N2O6S2/c1-9(21)19-13(17(23)24)7-27-15(19)11-3-5-12(6-4-11)16-20(10(2)22)14(8-28-16)18(25)26/h3-6,13-16H,7-8H2,1-2H3,(H,23,24)(H,25,26)/t13-,14-,15+,16+/m1/s1. The Morgan fingerprint density at radius 3 is 1.36 bits per heavy atom. The van der Waals surface area contributed by atoms with E-state index in [0.717, 1.165) is 11.1 Å². The van der Waals surface area contributed by atoms with Gasteiger partial charge in [0.1, 0.15) is 22.8 Å². The quantitative estimate of drug-likeness (QED) is 0.752. The number of amides is 2. The van der Waals surface area contributed by atoms with Crippen LogP contribution in [0, 0.1) is 0 Å². The maximum atomic E-state index is 12.0. The van der Waals surface area contributed by atoms with E-state index in [-0.39, 0.29) is 22.6 Å². The van der Waals surface area contributed by atoms with Crippen molar-refractivity contribution in [2.45, 2.75) is 36.7 Å². The van der Waals surface area contributed by atoms with Crippen LogP contribution in [0.25, 0.3) is 0 Å². The minimum absolute atomic E-state index is 0.301. The largest absolute Gasteiger partial charge is 0.480 e. The molecule has 150 valence electrons. The highest BCUT2D eigenvalue weighted by Crippen LogP contribution is 2.44. The van der Waals surface area contributed by atoms with E-state index in [2.05, 4.69) is 0 Å². The van der Waals surface area contributed by atoms with E-state index in [1.807, 2.05) is 0 Å². The fourth-order valence-corrected chi connectivity index (χ4v) is 6.45. The molecule has 2 aliphatic heterocycles. The van der Waals surface area contributed by atoms with Crippen LogP contribution in [-0.4, -0.2) is 67.4 Å². The minimum Gasteiger partial charge on any atom is -0.480 e. The number of aliphatic carboxylic acids is 2. The molecule has 10 heteroatoms. The molecule has 0 saturated carbocycles. The summed E-state index contributed by atoms with van der Waals surface area (Å²) in [5.41, 5.74) is 1.58. The van der Waals surface area contributed by atoms with Gasteiger partial charge in [0.25, 0.3) is 0 Å². The van der Waals surface area contributed by atoms with E-state index in [1.54, 1.807) is 24.3 Å². The van der Waals surface area contributed by atoms with Crippen molar-refractivity contribution in [3.63, 3.8) is 0 Å². The van der Waals surface area contributed by atoms with E-state index < -0.39 is 24.0 Å². The lowest BCUT2D eigenvalue weighted by atomic mass is 10.1. The van der Waals surface area contributed by atoms with Crippen molar-refractivity contribution < 1.29 is 29.4 Å². The third kappa shape index (κ3) is 3.70. The maximum absolute atomic E-state index is 12.0. The van der Waals surface area contributed by atoms with Crippen molar-refractivity contribution in [3.8, 4) is 0 Å². The summed E-state index contributed by atoms with van der Waals surface area (Å²) in [5, 5.41) is 17.9. The van der Waals surface area contributed by atoms with Gasteiger partial charge in [-0.1, -0.05) is 24.3 Å². The minimum atomic E-state index is -1.03. The molecular weight excluding hydrogens is 404 g/mol. The predicted octanol–water partition coefficient (Wildman–Crippen LogP) is 1.78. The van der Waals surface area contributed by atoms with Gasteiger partial charge in [0.2, 0.25) is 11.8 Å². The van der Waals surface area contributed by atoms with Crippen molar-refractivity contribution in [2.75, 3.05) is 11.5 Å². The first-order valence-corrected chi connectivity index (χ1v) is 10.7. The Balaban J connectivity index is 1.84. The number of carboxylic acids is 2. The highest BCUT2D eigenvalue weighted by atomic mass is 32.2. The molecule has 1 aromatic carbocycles. The van der Waals surface area contributed by atoms with Gasteiger partial charge in [-0.15, -0.1) is 23.5 Å². The Morgan fingerprint density at radius 2 is 1.11 bits per heavy atom. The van der Waals surface area contributed by atoms with E-state index >= 15 is 0 Å². The first-order valence-electron chi connectivity index (χ1n) is 8.59. The summed E-state index contributed by atoms with van der Waals surface area (Å²) in [7, 11) is 0. The summed E-state index contributed by atoms with van der Waals surface area (Å²) in [6, 6.07) is 5.50. The Morgan fingerprint density at radius 1 is 0.786 bits per heavy atom. The monoisotopic (exact) mass is 424 g/mol. The summed E-state index contributed by atoms with van der Waals surface area (Å²) in [5.74, 6) is -2.02. The average Bonchev–Trinajstić information content (AvgIpc) is 3.26. The molecule has 0 unspecified atom stereocenters. The van der Waals surface area contributed by atoms with Gasteiger partial charge in [0.15, 0.2) is 0 Å². The van der Waals surface area contributed by atoms with Crippen LogP contribution in [0.4, 0.5) is 0 Å². The molecule has 2 aliphatic rings. The lowest BCUT2D eigenvalue weighted by molar-refractivity contribution is -0.148. The highest BCUT2D eigenvalue weighted by molar-refractivity contribution is 8.00. The Labute approximate surface area is 170 Å². The summed E-state index contributed by atoms with van der Waals surface area (Å²) in [6.07, 6.45) is 0. The molecule has 0 radical (unpaired) electrons. The molecule has 4 atom stereocenters. The topological polar surface area (TPSA) is 115 Å². The number of rotatable bonds is 4. The Kier molecular flexibility index (Phi) is 5.90. The molecule has 2 N–H and O–H groups in total. The summed E-state index contributed by atoms with van der Waals surface area (Å²) in [4.78, 5) is 49.5. The van der Waals surface area contributed by atoms with Gasteiger partial charge in [0, 0.05) is 25.4 Å². The molecule has 0 bridgehead atoms. The molecule has 2 amide bonds. The van der Waals surface area contributed by atoms with Crippen LogP contribution in [0.3, 0.4) is 0 Å². The summed E-state index contributed by atoms with van der Waals surface area (Å²) >= 11 is 2.79. The third-order valence-corrected chi connectivity index (χ3v) is 7.45. The molecule has 1 aromatic rings. The highest BCUT2D eigenvalue weighted by Gasteiger charge is 2.42. The molecular formula is C18H20N2O6S2. The first-order chi connectivity index (χ1) is 13.2. The van der Waals surface area contributed by atoms with Gasteiger partial charge < -0.3 is 20.0 Å². The summed E-state index contributed by atoms with van der Waals surface area (Å²) < 4.78 is 0. The van der Waals surface area contributed by atoms with Crippen molar-refractivity contribution in [1.29, 1.82) is 0 Å². The summed E-state index contributed by atoms with van der Waals surface area (Å²) in [6.45, 7) is 2.71. The molecule has 2 heterocycles. The van der Waals surface area contributed by atoms with Crippen LogP contribution >= 0.6 is 23.5 Å². The third-order valence-electron chi connectivity index (χ3n) is 4.80. The zero-order valence-electron chi connectivity index (χ0n) is 15.3. The fourth-order valence-electron chi connectivity index (χ4n) is 3.50. The van der Waals surface area contributed by atoms with Gasteiger partial charge >= 0.3 is 11.9 Å². The number of thioether (sulfide) groups is 2. The number of hydrogen-bond donors (Lipinski definition) is 2. The van der Waals surface area contributed by atoms with E-state index in [1.165, 1.54) is 47.2 Å². The zero-order chi connectivity index (χ0) is 20.6. The Hall–Kier alpha value is -2.20. The SMILES string of the molecule is CC(=O)N1[C@@H](C(=O)O)CS[C@H]1c1ccc([C@@H]2SC[C@H](C(=O)O)N2C(C)=O)cc1. The second kappa shape index (κ2) is 8.04. The van der Waals surface area contributed by atoms with Crippen molar-refractivity contribution in [3.05, 3.63) is 35.4 Å². The fraction of sp³-hybridized carbons (Fsp3) is 0.444. The normalized spacial score (nSPS) is 27.1. The first kappa shape index (κ1) is 20.5. The number of carbonyl (C=O) groups excluding carboxylic acids is 2. The van der Waals surface area contributed by atoms with Gasteiger partial charge in [-0.25, -0.2) is 9.59 Å². The molecule has 0 aromatic heterocycles. The van der Waals surface area contributed by atoms with E-state index in [4.69, 9.17) is 0 Å². The number of nitrogens with zero attached hydrogens (tertiary/aromatic N) is 2. The lowest BCUT2D eigenvalue weighted by Crippen LogP contribution is -2.42. The zero-order valence-corrected chi connectivity index (χ0v) is 16.9. The second-order valence-electron chi connectivity index (χ2n) is 6.60. The molecule has 3 rings (SSSR count). The van der Waals surface area contributed by atoms with Gasteiger partial charge in [-0.05, 0) is 11.1 Å². The molecule has 28 heavy (non-hydrogen) atoms. The van der Waals surface area contributed by atoms with Crippen LogP contribution in [0.2, 0.25) is 0 Å². The van der Waals surface area contributed by atoms with Crippen LogP contribution in [0.15, 0.2) is 24.3 Å². The van der Waals surface area contributed by atoms with Crippen LogP contribution < -0.4 is 0 Å². The second-order valence-corrected chi connectivity index (χ2v) is 8.83. The Bertz CT molecular complexity index is 748. The molecule has 0 spiro atoms. The molecule has 8 nitrogen and oxygen atoms in total. The van der Waals surface area contributed by atoms with Crippen molar-refractivity contribution in [2.24, 2.45) is 0 Å². The molecule has 2 fully saturated rings. The predicted molar refractivity (Wildman–Crippen MR) is 105 cm³/mol. The van der Waals surface area contributed by atoms with Crippen LogP contribution in [0.5, 0.6) is 0 Å². The van der Waals surface area contributed by atoms with Crippen LogP contribution in [0.1, 0.15) is 35.7 Å². The number of benzene rings is 1. The lowest BCUT2D eigenvalue weighted by Gasteiger charge is -2.28. The number of carboxylic acid groups (broad SMARTS) is 2. The van der Waals surface area contributed by atoms with Crippen molar-refractivity contribution in [1.82, 2.24) is 9.80 Å². The molecule has 2 saturated heterocycles. The van der Waals surface area contributed by atoms with Gasteiger partial charge in [0.05, 0.1) is 0 Å². The average molecular weight is 425 g/mol. The maximum Gasteiger partial charge on any atom is 0.327 e. The molecule has 0 aliphatic carbocycles. The number of hydrogen-bond acceptors (Lipinski definition) is 6. The van der Waals surface area contributed by atoms with E-state index in [9.17, 15) is 29.4 Å². The van der Waals surface area contributed by atoms with Crippen molar-refractivity contribution >= 4 is 47.3 Å². The smallest absolute Gasteiger partial charge is 0.327 e. The van der Waals surface area contributed by atoms with Gasteiger partial charge in [-0.3, -0.25) is 9.59 Å². The number of carbonyl (C=O) groups is 4.